The lowest BCUT2D eigenvalue weighted by Gasteiger charge is -2.08. The number of methoxy groups -OCH3 is 1. The summed E-state index contributed by atoms with van der Waals surface area (Å²) < 4.78 is 5.06. The highest BCUT2D eigenvalue weighted by Gasteiger charge is 2.15. The van der Waals surface area contributed by atoms with Crippen molar-refractivity contribution in [3.05, 3.63) is 28.3 Å². The summed E-state index contributed by atoms with van der Waals surface area (Å²) in [6, 6.07) is 4.74. The van der Waals surface area contributed by atoms with Gasteiger partial charge in [0, 0.05) is 23.8 Å². The molecular weight excluding hydrogens is 262 g/mol. The van der Waals surface area contributed by atoms with Crippen molar-refractivity contribution in [3.63, 3.8) is 0 Å². The van der Waals surface area contributed by atoms with E-state index in [1.165, 1.54) is 24.9 Å². The first kappa shape index (κ1) is 14.1. The summed E-state index contributed by atoms with van der Waals surface area (Å²) in [5, 5.41) is 10.9. The Bertz CT molecular complexity index is 400. The fourth-order valence-electron chi connectivity index (χ4n) is 1.16. The zero-order valence-electron chi connectivity index (χ0n) is 9.68. The lowest BCUT2D eigenvalue weighted by molar-refractivity contribution is -0.387. The number of thioether (sulfide) groups is 1. The van der Waals surface area contributed by atoms with Gasteiger partial charge in [0.05, 0.1) is 16.9 Å². The molecule has 0 aliphatic rings. The minimum Gasteiger partial charge on any atom is -0.497 e. The van der Waals surface area contributed by atoms with Crippen LogP contribution in [0.25, 0.3) is 0 Å². The lowest BCUT2D eigenvalue weighted by atomic mass is 10.3. The van der Waals surface area contributed by atoms with E-state index in [1.807, 2.05) is 6.92 Å². The molecule has 0 spiro atoms. The van der Waals surface area contributed by atoms with Crippen molar-refractivity contribution in [2.75, 3.05) is 18.7 Å². The second-order valence-electron chi connectivity index (χ2n) is 3.66. The number of halogens is 1. The number of nitrogens with zero attached hydrogens (tertiary/aromatic N) is 1. The molecule has 0 radical (unpaired) electrons. The van der Waals surface area contributed by atoms with Gasteiger partial charge >= 0.3 is 0 Å². The average molecular weight is 276 g/mol. The van der Waals surface area contributed by atoms with Crippen LogP contribution in [0.1, 0.15) is 6.92 Å². The van der Waals surface area contributed by atoms with E-state index in [0.29, 0.717) is 22.4 Å². The molecule has 1 aromatic carbocycles. The van der Waals surface area contributed by atoms with Gasteiger partial charge in [-0.3, -0.25) is 10.1 Å². The summed E-state index contributed by atoms with van der Waals surface area (Å²) in [5.41, 5.74) is 0.109. The van der Waals surface area contributed by atoms with Crippen LogP contribution >= 0.6 is 23.4 Å². The van der Waals surface area contributed by atoms with Gasteiger partial charge < -0.3 is 4.74 Å². The van der Waals surface area contributed by atoms with E-state index in [2.05, 4.69) is 0 Å². The predicted molar refractivity (Wildman–Crippen MR) is 70.3 cm³/mol. The summed E-state index contributed by atoms with van der Waals surface area (Å²) >= 11 is 7.14. The van der Waals surface area contributed by atoms with Gasteiger partial charge in [0.2, 0.25) is 0 Å². The average Bonchev–Trinajstić information content (AvgIpc) is 2.35. The molecule has 1 rings (SSSR count). The van der Waals surface area contributed by atoms with Gasteiger partial charge in [0.25, 0.3) is 5.69 Å². The number of nitro groups is 1. The Hall–Kier alpha value is -0.940. The third-order valence-electron chi connectivity index (χ3n) is 2.15. The van der Waals surface area contributed by atoms with Crippen molar-refractivity contribution in [2.24, 2.45) is 5.92 Å². The molecule has 4 nitrogen and oxygen atoms in total. The summed E-state index contributed by atoms with van der Waals surface area (Å²) in [4.78, 5) is 11.1. The second-order valence-corrected chi connectivity index (χ2v) is 5.03. The Morgan fingerprint density at radius 3 is 2.82 bits per heavy atom. The third-order valence-corrected chi connectivity index (χ3v) is 4.05. The summed E-state index contributed by atoms with van der Waals surface area (Å²) in [5.74, 6) is 2.23. The number of benzene rings is 1. The maximum absolute atomic E-state index is 10.9. The van der Waals surface area contributed by atoms with Gasteiger partial charge in [-0.2, -0.15) is 0 Å². The lowest BCUT2D eigenvalue weighted by Crippen LogP contribution is -2.00. The van der Waals surface area contributed by atoms with Gasteiger partial charge in [-0.05, 0) is 12.0 Å². The molecule has 17 heavy (non-hydrogen) atoms. The summed E-state index contributed by atoms with van der Waals surface area (Å²) in [6.45, 7) is 2.01. The van der Waals surface area contributed by atoms with E-state index >= 15 is 0 Å². The van der Waals surface area contributed by atoms with E-state index in [-0.39, 0.29) is 10.6 Å². The summed E-state index contributed by atoms with van der Waals surface area (Å²) in [6.07, 6.45) is 0. The molecule has 1 atom stereocenters. The number of hydrogen-bond acceptors (Lipinski definition) is 4. The Kier molecular flexibility index (Phi) is 5.58. The van der Waals surface area contributed by atoms with Crippen LogP contribution < -0.4 is 4.74 Å². The van der Waals surface area contributed by atoms with Gasteiger partial charge in [-0.1, -0.05) is 6.92 Å². The van der Waals surface area contributed by atoms with Crippen molar-refractivity contribution in [2.45, 2.75) is 11.8 Å². The molecule has 0 saturated heterocycles. The molecule has 0 N–H and O–H groups in total. The molecule has 0 heterocycles. The Morgan fingerprint density at radius 2 is 2.29 bits per heavy atom. The molecule has 0 aromatic heterocycles. The minimum absolute atomic E-state index is 0.109. The van der Waals surface area contributed by atoms with Crippen molar-refractivity contribution < 1.29 is 9.66 Å². The molecule has 1 unspecified atom stereocenters. The molecule has 0 fully saturated rings. The molecule has 0 aliphatic heterocycles. The van der Waals surface area contributed by atoms with Crippen LogP contribution in [0, 0.1) is 16.0 Å². The zero-order valence-corrected chi connectivity index (χ0v) is 11.3. The highest BCUT2D eigenvalue weighted by Crippen LogP contribution is 2.33. The van der Waals surface area contributed by atoms with Crippen LogP contribution in [-0.4, -0.2) is 23.7 Å². The Balaban J connectivity index is 2.89. The van der Waals surface area contributed by atoms with Crippen molar-refractivity contribution in [3.8, 4) is 5.75 Å². The zero-order chi connectivity index (χ0) is 12.8. The van der Waals surface area contributed by atoms with Crippen molar-refractivity contribution in [1.82, 2.24) is 0 Å². The quantitative estimate of drug-likeness (QED) is 0.345. The number of hydrogen-bond donors (Lipinski definition) is 0. The van der Waals surface area contributed by atoms with Gasteiger partial charge in [0.15, 0.2) is 0 Å². The molecule has 94 valence electrons. The fourth-order valence-corrected chi connectivity index (χ4v) is 2.47. The molecule has 0 aliphatic carbocycles. The fraction of sp³-hybridized carbons (Fsp3) is 0.455. The molecule has 1 aromatic rings. The SMILES string of the molecule is COc1ccc([N+](=O)[O-])c(SCC(C)CCl)c1. The first-order valence-electron chi connectivity index (χ1n) is 5.09. The van der Waals surface area contributed by atoms with E-state index in [1.54, 1.807) is 12.1 Å². The van der Waals surface area contributed by atoms with Gasteiger partial charge in [-0.15, -0.1) is 23.4 Å². The second kappa shape index (κ2) is 6.71. The number of nitro benzene ring substituents is 1. The number of alkyl halides is 1. The van der Waals surface area contributed by atoms with Crippen LogP contribution in [0.5, 0.6) is 5.75 Å². The van der Waals surface area contributed by atoms with Crippen LogP contribution in [0.4, 0.5) is 5.69 Å². The minimum atomic E-state index is -0.382. The monoisotopic (exact) mass is 275 g/mol. The largest absolute Gasteiger partial charge is 0.497 e. The van der Waals surface area contributed by atoms with Gasteiger partial charge in [-0.25, -0.2) is 0 Å². The Morgan fingerprint density at radius 1 is 1.59 bits per heavy atom. The molecular formula is C11H14ClNO3S. The molecule has 6 heteroatoms. The molecule has 0 bridgehead atoms. The van der Waals surface area contributed by atoms with E-state index in [0.717, 1.165) is 5.75 Å². The third kappa shape index (κ3) is 4.09. The normalized spacial score (nSPS) is 12.2. The van der Waals surface area contributed by atoms with E-state index in [4.69, 9.17) is 16.3 Å². The van der Waals surface area contributed by atoms with Crippen molar-refractivity contribution in [1.29, 1.82) is 0 Å². The topological polar surface area (TPSA) is 52.4 Å². The van der Waals surface area contributed by atoms with Gasteiger partial charge in [0.1, 0.15) is 5.75 Å². The van der Waals surface area contributed by atoms with E-state index < -0.39 is 0 Å². The van der Waals surface area contributed by atoms with Crippen LogP contribution in [-0.2, 0) is 0 Å². The maximum atomic E-state index is 10.9. The Labute approximate surface area is 109 Å². The first-order valence-corrected chi connectivity index (χ1v) is 6.61. The number of ether oxygens (including phenoxy) is 1. The maximum Gasteiger partial charge on any atom is 0.283 e. The van der Waals surface area contributed by atoms with Crippen LogP contribution in [0.2, 0.25) is 0 Å². The molecule has 0 saturated carbocycles. The van der Waals surface area contributed by atoms with E-state index in [9.17, 15) is 10.1 Å². The van der Waals surface area contributed by atoms with Crippen LogP contribution in [0.15, 0.2) is 23.1 Å². The highest BCUT2D eigenvalue weighted by molar-refractivity contribution is 7.99. The number of rotatable bonds is 6. The predicted octanol–water partition coefficient (Wildman–Crippen LogP) is 3.57. The first-order chi connectivity index (χ1) is 8.08. The smallest absolute Gasteiger partial charge is 0.283 e. The van der Waals surface area contributed by atoms with Crippen molar-refractivity contribution >= 4 is 29.1 Å². The van der Waals surface area contributed by atoms with Crippen LogP contribution in [0.3, 0.4) is 0 Å². The standard InChI is InChI=1S/C11H14ClNO3S/c1-8(6-12)7-17-11-5-9(16-2)3-4-10(11)13(14)15/h3-5,8H,6-7H2,1-2H3. The molecule has 0 amide bonds. The highest BCUT2D eigenvalue weighted by atomic mass is 35.5. The summed E-state index contributed by atoms with van der Waals surface area (Å²) in [7, 11) is 1.54.